The highest BCUT2D eigenvalue weighted by Crippen LogP contribution is 2.48. The second kappa shape index (κ2) is 3.78. The van der Waals surface area contributed by atoms with Gasteiger partial charge in [-0.2, -0.15) is 0 Å². The highest BCUT2D eigenvalue weighted by Gasteiger charge is 2.55. The predicted molar refractivity (Wildman–Crippen MR) is 66.7 cm³/mol. The minimum absolute atomic E-state index is 0.291. The summed E-state index contributed by atoms with van der Waals surface area (Å²) in [5.74, 6) is -0.0939. The number of hydrogen-bond acceptors (Lipinski definition) is 3. The quantitative estimate of drug-likeness (QED) is 0.867. The van der Waals surface area contributed by atoms with Crippen LogP contribution >= 0.6 is 15.9 Å². The minimum atomic E-state index is -0.656. The Hall–Kier alpha value is -1.43. The zero-order chi connectivity index (χ0) is 12.9. The van der Waals surface area contributed by atoms with E-state index >= 15 is 0 Å². The zero-order valence-corrected chi connectivity index (χ0v) is 11.2. The Morgan fingerprint density at radius 1 is 1.56 bits per heavy atom. The summed E-state index contributed by atoms with van der Waals surface area (Å²) in [7, 11) is 1.36. The molecule has 1 aromatic heterocycles. The molecule has 1 fully saturated rings. The van der Waals surface area contributed by atoms with E-state index in [0.717, 1.165) is 0 Å². The first kappa shape index (κ1) is 11.6. The van der Waals surface area contributed by atoms with Crippen molar-refractivity contribution in [2.45, 2.75) is 18.3 Å². The number of aromatic amines is 1. The molecule has 6 heteroatoms. The molecule has 1 aliphatic rings. The number of halogens is 2. The molecule has 1 saturated carbocycles. The first-order valence-electron chi connectivity index (χ1n) is 5.50. The summed E-state index contributed by atoms with van der Waals surface area (Å²) in [5.41, 5.74) is 0.561. The first-order valence-corrected chi connectivity index (χ1v) is 6.30. The molecular formula is C12H10BrFN2O2. The van der Waals surface area contributed by atoms with Gasteiger partial charge in [-0.15, -0.1) is 0 Å². The molecule has 1 aliphatic carbocycles. The highest BCUT2D eigenvalue weighted by molar-refractivity contribution is 9.10. The van der Waals surface area contributed by atoms with Gasteiger partial charge >= 0.3 is 5.97 Å². The molecule has 18 heavy (non-hydrogen) atoms. The number of esters is 1. The fourth-order valence-electron chi connectivity index (χ4n) is 2.09. The molecule has 0 bridgehead atoms. The molecule has 2 aromatic rings. The number of aromatic nitrogens is 2. The molecule has 1 aromatic carbocycles. The number of nitrogens with zero attached hydrogens (tertiary/aromatic N) is 1. The zero-order valence-electron chi connectivity index (χ0n) is 9.59. The van der Waals surface area contributed by atoms with Crippen LogP contribution in [0.3, 0.4) is 0 Å². The van der Waals surface area contributed by atoms with Gasteiger partial charge in [0.15, 0.2) is 0 Å². The van der Waals surface area contributed by atoms with Crippen LogP contribution in [-0.4, -0.2) is 23.0 Å². The minimum Gasteiger partial charge on any atom is -0.468 e. The number of ether oxygens (including phenoxy) is 1. The van der Waals surface area contributed by atoms with Gasteiger partial charge in [0, 0.05) is 6.07 Å². The van der Waals surface area contributed by atoms with Crippen molar-refractivity contribution in [2.24, 2.45) is 0 Å². The second-order valence-electron chi connectivity index (χ2n) is 4.44. The Kier molecular flexibility index (Phi) is 2.45. The molecular weight excluding hydrogens is 303 g/mol. The number of rotatable bonds is 2. The van der Waals surface area contributed by atoms with Crippen molar-refractivity contribution in [3.8, 4) is 0 Å². The van der Waals surface area contributed by atoms with Gasteiger partial charge in [0.05, 0.1) is 22.6 Å². The van der Waals surface area contributed by atoms with Crippen LogP contribution in [0.15, 0.2) is 16.6 Å². The number of H-pyrrole nitrogens is 1. The Balaban J connectivity index is 2.12. The Bertz CT molecular complexity index is 610. The van der Waals surface area contributed by atoms with Crippen molar-refractivity contribution in [3.05, 3.63) is 28.2 Å². The van der Waals surface area contributed by atoms with Crippen LogP contribution in [0.4, 0.5) is 4.39 Å². The normalized spacial score (nSPS) is 16.8. The number of hydrogen-bond donors (Lipinski definition) is 1. The Labute approximate surface area is 111 Å². The maximum absolute atomic E-state index is 13.4. The number of methoxy groups -OCH3 is 1. The van der Waals surface area contributed by atoms with Crippen molar-refractivity contribution >= 4 is 32.9 Å². The van der Waals surface area contributed by atoms with Crippen LogP contribution in [0.5, 0.6) is 0 Å². The third kappa shape index (κ3) is 1.55. The lowest BCUT2D eigenvalue weighted by molar-refractivity contribution is -0.143. The third-order valence-corrected chi connectivity index (χ3v) is 3.91. The van der Waals surface area contributed by atoms with E-state index in [-0.39, 0.29) is 11.8 Å². The Morgan fingerprint density at radius 3 is 2.89 bits per heavy atom. The smallest absolute Gasteiger partial charge is 0.319 e. The van der Waals surface area contributed by atoms with Crippen LogP contribution in [0.2, 0.25) is 0 Å². The van der Waals surface area contributed by atoms with Crippen molar-refractivity contribution in [2.75, 3.05) is 7.11 Å². The average molecular weight is 313 g/mol. The predicted octanol–water partition coefficient (Wildman–Crippen LogP) is 2.67. The topological polar surface area (TPSA) is 55.0 Å². The van der Waals surface area contributed by atoms with Crippen LogP contribution in [0.25, 0.3) is 11.0 Å². The average Bonchev–Trinajstić information content (AvgIpc) is 3.06. The van der Waals surface area contributed by atoms with E-state index in [0.29, 0.717) is 34.2 Å². The van der Waals surface area contributed by atoms with Crippen LogP contribution in [0, 0.1) is 5.82 Å². The standard InChI is InChI=1S/C12H10BrFN2O2/c1-18-11(17)12(2-3-12)10-15-8-4-6(13)7(14)5-9(8)16-10/h4-5H,2-3H2,1H3,(H,15,16). The summed E-state index contributed by atoms with van der Waals surface area (Å²) >= 11 is 3.11. The van der Waals surface area contributed by atoms with Crippen molar-refractivity contribution in [1.29, 1.82) is 0 Å². The van der Waals surface area contributed by atoms with E-state index in [9.17, 15) is 9.18 Å². The number of nitrogens with one attached hydrogen (secondary N) is 1. The van der Waals surface area contributed by atoms with E-state index in [4.69, 9.17) is 4.74 Å². The molecule has 0 unspecified atom stereocenters. The molecule has 3 rings (SSSR count). The largest absolute Gasteiger partial charge is 0.468 e. The number of carbonyl (C=O) groups is 1. The molecule has 0 amide bonds. The third-order valence-electron chi connectivity index (χ3n) is 3.30. The molecule has 0 spiro atoms. The van der Waals surface area contributed by atoms with Crippen molar-refractivity contribution < 1.29 is 13.9 Å². The number of benzene rings is 1. The molecule has 1 heterocycles. The van der Waals surface area contributed by atoms with Gasteiger partial charge in [0.25, 0.3) is 0 Å². The molecule has 1 N–H and O–H groups in total. The summed E-state index contributed by atoms with van der Waals surface area (Å²) in [5, 5.41) is 0. The Morgan fingerprint density at radius 2 is 2.28 bits per heavy atom. The van der Waals surface area contributed by atoms with Crippen LogP contribution in [-0.2, 0) is 14.9 Å². The van der Waals surface area contributed by atoms with E-state index < -0.39 is 5.41 Å². The summed E-state index contributed by atoms with van der Waals surface area (Å²) in [6.07, 6.45) is 1.42. The first-order chi connectivity index (χ1) is 8.56. The molecule has 4 nitrogen and oxygen atoms in total. The second-order valence-corrected chi connectivity index (χ2v) is 5.30. The lowest BCUT2D eigenvalue weighted by Crippen LogP contribution is -2.23. The molecule has 0 radical (unpaired) electrons. The summed E-state index contributed by atoms with van der Waals surface area (Å²) < 4.78 is 18.6. The maximum atomic E-state index is 13.4. The highest BCUT2D eigenvalue weighted by atomic mass is 79.9. The fourth-order valence-corrected chi connectivity index (χ4v) is 2.42. The number of carbonyl (C=O) groups excluding carboxylic acids is 1. The van der Waals surface area contributed by atoms with Crippen molar-refractivity contribution in [1.82, 2.24) is 9.97 Å². The van der Waals surface area contributed by atoms with Gasteiger partial charge in [0.1, 0.15) is 17.1 Å². The van der Waals surface area contributed by atoms with Gasteiger partial charge in [-0.3, -0.25) is 4.79 Å². The van der Waals surface area contributed by atoms with E-state index in [1.807, 2.05) is 0 Å². The monoisotopic (exact) mass is 312 g/mol. The lowest BCUT2D eigenvalue weighted by Gasteiger charge is -2.08. The summed E-state index contributed by atoms with van der Waals surface area (Å²) in [6, 6.07) is 2.96. The number of fused-ring (bicyclic) bond motifs is 1. The van der Waals surface area contributed by atoms with Gasteiger partial charge < -0.3 is 9.72 Å². The fraction of sp³-hybridized carbons (Fsp3) is 0.333. The van der Waals surface area contributed by atoms with Gasteiger partial charge in [-0.1, -0.05) is 0 Å². The van der Waals surface area contributed by atoms with Crippen LogP contribution < -0.4 is 0 Å². The van der Waals surface area contributed by atoms with Crippen LogP contribution in [0.1, 0.15) is 18.7 Å². The summed E-state index contributed by atoms with van der Waals surface area (Å²) in [4.78, 5) is 19.1. The SMILES string of the molecule is COC(=O)C1(c2nc3cc(Br)c(F)cc3[nH]2)CC1. The molecule has 0 atom stereocenters. The molecule has 0 aliphatic heterocycles. The van der Waals surface area contributed by atoms with Gasteiger partial charge in [-0.05, 0) is 34.8 Å². The molecule has 94 valence electrons. The lowest BCUT2D eigenvalue weighted by atomic mass is 10.1. The number of imidazole rings is 1. The van der Waals surface area contributed by atoms with E-state index in [2.05, 4.69) is 25.9 Å². The molecule has 0 saturated heterocycles. The maximum Gasteiger partial charge on any atom is 0.319 e. The van der Waals surface area contributed by atoms with Crippen molar-refractivity contribution in [3.63, 3.8) is 0 Å². The van der Waals surface area contributed by atoms with E-state index in [1.54, 1.807) is 6.07 Å². The van der Waals surface area contributed by atoms with Gasteiger partial charge in [0.2, 0.25) is 0 Å². The summed E-state index contributed by atoms with van der Waals surface area (Å²) in [6.45, 7) is 0. The van der Waals surface area contributed by atoms with E-state index in [1.165, 1.54) is 13.2 Å². The van der Waals surface area contributed by atoms with Gasteiger partial charge in [-0.25, -0.2) is 9.37 Å².